The van der Waals surface area contributed by atoms with Crippen molar-refractivity contribution in [2.24, 2.45) is 7.05 Å². The Balaban J connectivity index is 2.68. The molecule has 0 spiro atoms. The summed E-state index contributed by atoms with van der Waals surface area (Å²) < 4.78 is 47.2. The lowest BCUT2D eigenvalue weighted by Gasteiger charge is -2.07. The van der Waals surface area contributed by atoms with Crippen LogP contribution in [-0.2, 0) is 7.05 Å². The number of hydrogen-bond acceptors (Lipinski definition) is 0. The zero-order valence-electron chi connectivity index (χ0n) is 15.4. The van der Waals surface area contributed by atoms with Gasteiger partial charge in [-0.25, -0.2) is 4.57 Å². The Labute approximate surface area is 106 Å². The SMILES string of the molecule is [2H]C([2H])([2H])c1ccc(-c2c(C)cccc2C([2H])([2H])[2H])[n+](C)c1. The highest BCUT2D eigenvalue weighted by molar-refractivity contribution is 5.65. The molecule has 0 fully saturated rings. The van der Waals surface area contributed by atoms with E-state index in [1.54, 1.807) is 29.8 Å². The van der Waals surface area contributed by atoms with Gasteiger partial charge in [0.15, 0.2) is 6.20 Å². The summed E-state index contributed by atoms with van der Waals surface area (Å²) in [4.78, 5) is 0. The summed E-state index contributed by atoms with van der Waals surface area (Å²) in [5, 5.41) is 0. The Morgan fingerprint density at radius 1 is 1.06 bits per heavy atom. The van der Waals surface area contributed by atoms with E-state index in [4.69, 9.17) is 8.22 Å². The van der Waals surface area contributed by atoms with Crippen molar-refractivity contribution >= 4 is 0 Å². The van der Waals surface area contributed by atoms with E-state index in [0.717, 1.165) is 5.56 Å². The maximum absolute atomic E-state index is 7.71. The van der Waals surface area contributed by atoms with Gasteiger partial charge in [0.2, 0.25) is 5.69 Å². The van der Waals surface area contributed by atoms with Gasteiger partial charge in [0.25, 0.3) is 0 Å². The van der Waals surface area contributed by atoms with E-state index in [2.05, 4.69) is 0 Å². The molecule has 0 N–H and O–H groups in total. The standard InChI is InChI=1S/C15H18N/c1-11-8-9-14(16(4)10-11)15-12(2)6-5-7-13(15)3/h5-10H,1-4H3/q+1/i1D3,2D3. The Bertz CT molecular complexity index is 700. The predicted octanol–water partition coefficient (Wildman–Crippen LogP) is 3.10. The highest BCUT2D eigenvalue weighted by atomic mass is 14.9. The lowest BCUT2D eigenvalue weighted by atomic mass is 9.99. The Morgan fingerprint density at radius 2 is 1.88 bits per heavy atom. The summed E-state index contributed by atoms with van der Waals surface area (Å²) in [6.07, 6.45) is 1.53. The maximum Gasteiger partial charge on any atom is 0.212 e. The summed E-state index contributed by atoms with van der Waals surface area (Å²) in [6.45, 7) is -2.56. The largest absolute Gasteiger partial charge is 0.212 e. The highest BCUT2D eigenvalue weighted by Crippen LogP contribution is 2.24. The Morgan fingerprint density at radius 3 is 2.56 bits per heavy atom. The van der Waals surface area contributed by atoms with Crippen LogP contribution in [0.25, 0.3) is 11.3 Å². The van der Waals surface area contributed by atoms with Gasteiger partial charge in [-0.2, -0.15) is 0 Å². The average molecular weight is 218 g/mol. The van der Waals surface area contributed by atoms with E-state index in [0.29, 0.717) is 11.3 Å². The molecule has 0 saturated carbocycles. The number of nitrogens with zero attached hydrogens (tertiary/aromatic N) is 1. The van der Waals surface area contributed by atoms with Crippen molar-refractivity contribution in [3.63, 3.8) is 0 Å². The molecule has 0 saturated heterocycles. The number of aromatic nitrogens is 1. The third-order valence-electron chi connectivity index (χ3n) is 2.66. The fourth-order valence-electron chi connectivity index (χ4n) is 1.87. The third-order valence-corrected chi connectivity index (χ3v) is 2.66. The van der Waals surface area contributed by atoms with Gasteiger partial charge in [0.05, 0.1) is 5.56 Å². The zero-order valence-corrected chi connectivity index (χ0v) is 9.41. The van der Waals surface area contributed by atoms with Crippen molar-refractivity contribution < 1.29 is 12.8 Å². The van der Waals surface area contributed by atoms with Crippen LogP contribution in [0.2, 0.25) is 0 Å². The summed E-state index contributed by atoms with van der Waals surface area (Å²) in [5.41, 5.74) is 2.64. The third kappa shape index (κ3) is 1.85. The molecule has 0 amide bonds. The molecule has 16 heavy (non-hydrogen) atoms. The van der Waals surface area contributed by atoms with Gasteiger partial charge in [0.1, 0.15) is 7.05 Å². The van der Waals surface area contributed by atoms with Crippen molar-refractivity contribution in [3.8, 4) is 11.3 Å². The minimum Gasteiger partial charge on any atom is -0.201 e. The van der Waals surface area contributed by atoms with E-state index in [1.807, 2.05) is 13.0 Å². The van der Waals surface area contributed by atoms with Crippen LogP contribution in [-0.4, -0.2) is 0 Å². The fraction of sp³-hybridized carbons (Fsp3) is 0.267. The summed E-state index contributed by atoms with van der Waals surface area (Å²) in [5.74, 6) is 0. The first-order valence-corrected chi connectivity index (χ1v) is 5.12. The number of rotatable bonds is 1. The molecule has 2 rings (SSSR count). The van der Waals surface area contributed by atoms with Crippen molar-refractivity contribution in [3.05, 3.63) is 53.2 Å². The van der Waals surface area contributed by atoms with Gasteiger partial charge >= 0.3 is 0 Å². The van der Waals surface area contributed by atoms with Crippen LogP contribution in [0.15, 0.2) is 36.5 Å². The van der Waals surface area contributed by atoms with Gasteiger partial charge in [0, 0.05) is 19.9 Å². The fourth-order valence-corrected chi connectivity index (χ4v) is 1.87. The first-order chi connectivity index (χ1) is 10.0. The lowest BCUT2D eigenvalue weighted by Crippen LogP contribution is -2.31. The van der Waals surface area contributed by atoms with Gasteiger partial charge in [-0.3, -0.25) is 0 Å². The van der Waals surface area contributed by atoms with Gasteiger partial charge in [-0.15, -0.1) is 0 Å². The molecule has 0 aliphatic rings. The molecule has 0 unspecified atom stereocenters. The monoisotopic (exact) mass is 218 g/mol. The molecular weight excluding hydrogens is 194 g/mol. The normalized spacial score (nSPS) is 17.6. The van der Waals surface area contributed by atoms with Gasteiger partial charge in [-0.1, -0.05) is 18.2 Å². The lowest BCUT2D eigenvalue weighted by molar-refractivity contribution is -0.660. The topological polar surface area (TPSA) is 3.88 Å². The Hall–Kier alpha value is -1.63. The molecule has 1 heterocycles. The second kappa shape index (κ2) is 4.09. The summed E-state index contributed by atoms with van der Waals surface area (Å²) >= 11 is 0. The molecule has 82 valence electrons. The van der Waals surface area contributed by atoms with Gasteiger partial charge < -0.3 is 0 Å². The molecule has 0 atom stereocenters. The predicted molar refractivity (Wildman–Crippen MR) is 67.3 cm³/mol. The first kappa shape index (κ1) is 5.62. The van der Waals surface area contributed by atoms with Crippen LogP contribution in [0.4, 0.5) is 0 Å². The van der Waals surface area contributed by atoms with E-state index in [9.17, 15) is 0 Å². The van der Waals surface area contributed by atoms with Crippen molar-refractivity contribution in [2.75, 3.05) is 0 Å². The van der Waals surface area contributed by atoms with Crippen LogP contribution < -0.4 is 4.57 Å². The molecule has 1 heteroatoms. The number of benzene rings is 1. The molecule has 1 nitrogen and oxygen atoms in total. The van der Waals surface area contributed by atoms with Crippen LogP contribution in [0.1, 0.15) is 24.9 Å². The van der Waals surface area contributed by atoms with Crippen LogP contribution in [0.3, 0.4) is 0 Å². The van der Waals surface area contributed by atoms with Crippen LogP contribution in [0.5, 0.6) is 0 Å². The molecule has 1 aromatic carbocycles. The van der Waals surface area contributed by atoms with Crippen LogP contribution in [0, 0.1) is 20.6 Å². The first-order valence-electron chi connectivity index (χ1n) is 8.12. The molecule has 2 aromatic rings. The summed E-state index contributed by atoms with van der Waals surface area (Å²) in [6, 6.07) is 8.35. The number of aryl methyl sites for hydroxylation is 4. The quantitative estimate of drug-likeness (QED) is 0.648. The minimum atomic E-state index is -2.23. The van der Waals surface area contributed by atoms with Crippen molar-refractivity contribution in [1.29, 1.82) is 0 Å². The molecule has 1 aromatic heterocycles. The smallest absolute Gasteiger partial charge is 0.201 e. The second-order valence-electron chi connectivity index (χ2n) is 3.91. The molecule has 0 radical (unpaired) electrons. The summed E-state index contributed by atoms with van der Waals surface area (Å²) in [7, 11) is 1.72. The Kier molecular flexibility index (Phi) is 1.44. The minimum absolute atomic E-state index is 0.225. The number of pyridine rings is 1. The van der Waals surface area contributed by atoms with E-state index in [-0.39, 0.29) is 11.1 Å². The van der Waals surface area contributed by atoms with E-state index in [1.165, 1.54) is 12.3 Å². The molecule has 0 bridgehead atoms. The van der Waals surface area contributed by atoms with Crippen LogP contribution >= 0.6 is 0 Å². The highest BCUT2D eigenvalue weighted by Gasteiger charge is 2.13. The molecule has 0 aliphatic carbocycles. The maximum atomic E-state index is 7.71. The van der Waals surface area contributed by atoms with E-state index >= 15 is 0 Å². The number of hydrogen-bond donors (Lipinski definition) is 0. The van der Waals surface area contributed by atoms with Crippen molar-refractivity contribution in [1.82, 2.24) is 0 Å². The van der Waals surface area contributed by atoms with Crippen molar-refractivity contribution in [2.45, 2.75) is 20.6 Å². The molecule has 0 aliphatic heterocycles. The van der Waals surface area contributed by atoms with E-state index < -0.39 is 13.7 Å². The second-order valence-corrected chi connectivity index (χ2v) is 3.91. The average Bonchev–Trinajstić information content (AvgIpc) is 2.36. The van der Waals surface area contributed by atoms with Gasteiger partial charge in [-0.05, 0) is 37.8 Å². The molecular formula is C15H18N+. The zero-order chi connectivity index (χ0) is 16.7.